The molecule has 0 aliphatic heterocycles. The van der Waals surface area contributed by atoms with Crippen molar-refractivity contribution in [3.05, 3.63) is 0 Å². The Bertz CT molecular complexity index is 169. The maximum Gasteiger partial charge on any atom is 0.326 e. The molecular weight excluding hydrogens is 162 g/mol. The number of nitrogens with two attached hydrogens (primary N) is 1. The largest absolute Gasteiger partial charge is 0.465 e. The number of esters is 2. The molecule has 5 nitrogen and oxygen atoms in total. The molecule has 2 N–H and O–H groups in total. The summed E-state index contributed by atoms with van der Waals surface area (Å²) in [6, 6.07) is -0.881. The zero-order chi connectivity index (χ0) is 9.56. The standard InChI is InChI=1S/C7H13NO4/c1-3-11-7(10)6(8)4-12-5(2)9/h6H,3-4,8H2,1-2H3/t6-/m0/s1. The Morgan fingerprint density at radius 1 is 1.42 bits per heavy atom. The van der Waals surface area contributed by atoms with Crippen molar-refractivity contribution in [2.75, 3.05) is 13.2 Å². The van der Waals surface area contributed by atoms with E-state index < -0.39 is 18.0 Å². The second-order valence-corrected chi connectivity index (χ2v) is 2.16. The highest BCUT2D eigenvalue weighted by Crippen LogP contribution is 1.87. The minimum Gasteiger partial charge on any atom is -0.465 e. The zero-order valence-corrected chi connectivity index (χ0v) is 7.20. The molecule has 70 valence electrons. The quantitative estimate of drug-likeness (QED) is 0.579. The van der Waals surface area contributed by atoms with Gasteiger partial charge >= 0.3 is 11.9 Å². The topological polar surface area (TPSA) is 78.6 Å². The Labute approximate surface area is 70.8 Å². The van der Waals surface area contributed by atoms with Gasteiger partial charge in [-0.3, -0.25) is 9.59 Å². The maximum atomic E-state index is 10.8. The van der Waals surface area contributed by atoms with Crippen LogP contribution in [0.1, 0.15) is 13.8 Å². The van der Waals surface area contributed by atoms with Crippen molar-refractivity contribution in [1.29, 1.82) is 0 Å². The van der Waals surface area contributed by atoms with Gasteiger partial charge in [-0.2, -0.15) is 0 Å². The molecule has 0 spiro atoms. The summed E-state index contributed by atoms with van der Waals surface area (Å²) < 4.78 is 9.09. The molecule has 0 radical (unpaired) electrons. The summed E-state index contributed by atoms with van der Waals surface area (Å²) in [5, 5.41) is 0. The first-order valence-electron chi connectivity index (χ1n) is 3.63. The van der Waals surface area contributed by atoms with Gasteiger partial charge in [-0.05, 0) is 6.92 Å². The summed E-state index contributed by atoms with van der Waals surface area (Å²) >= 11 is 0. The van der Waals surface area contributed by atoms with Crippen LogP contribution in [0.2, 0.25) is 0 Å². The number of hydrogen-bond acceptors (Lipinski definition) is 5. The van der Waals surface area contributed by atoms with Crippen LogP contribution in [-0.4, -0.2) is 31.2 Å². The third-order valence-corrected chi connectivity index (χ3v) is 1.06. The van der Waals surface area contributed by atoms with Crippen LogP contribution >= 0.6 is 0 Å². The number of hydrogen-bond donors (Lipinski definition) is 1. The lowest BCUT2D eigenvalue weighted by Crippen LogP contribution is -2.37. The molecule has 0 aromatic rings. The van der Waals surface area contributed by atoms with E-state index in [0.717, 1.165) is 0 Å². The van der Waals surface area contributed by atoms with Gasteiger partial charge in [0.2, 0.25) is 0 Å². The van der Waals surface area contributed by atoms with Gasteiger partial charge < -0.3 is 15.2 Å². The van der Waals surface area contributed by atoms with Crippen LogP contribution < -0.4 is 5.73 Å². The van der Waals surface area contributed by atoms with Gasteiger partial charge in [0, 0.05) is 6.92 Å². The Hall–Kier alpha value is -1.10. The molecule has 0 saturated heterocycles. The van der Waals surface area contributed by atoms with E-state index in [1.807, 2.05) is 0 Å². The van der Waals surface area contributed by atoms with Crippen LogP contribution in [0, 0.1) is 0 Å². The number of rotatable bonds is 4. The Kier molecular flexibility index (Phi) is 5.03. The van der Waals surface area contributed by atoms with Crippen LogP contribution in [0.5, 0.6) is 0 Å². The van der Waals surface area contributed by atoms with Crippen molar-refractivity contribution in [1.82, 2.24) is 0 Å². The summed E-state index contributed by atoms with van der Waals surface area (Å²) in [6.45, 7) is 3.06. The van der Waals surface area contributed by atoms with Crippen molar-refractivity contribution in [2.45, 2.75) is 19.9 Å². The fraction of sp³-hybridized carbons (Fsp3) is 0.714. The predicted molar refractivity (Wildman–Crippen MR) is 41.2 cm³/mol. The summed E-state index contributed by atoms with van der Waals surface area (Å²) in [5.74, 6) is -1.02. The lowest BCUT2D eigenvalue weighted by atomic mass is 10.3. The molecule has 0 rings (SSSR count). The molecule has 0 aliphatic rings. The van der Waals surface area contributed by atoms with Crippen LogP contribution in [0.25, 0.3) is 0 Å². The third-order valence-electron chi connectivity index (χ3n) is 1.06. The Morgan fingerprint density at radius 2 is 2.00 bits per heavy atom. The van der Waals surface area contributed by atoms with E-state index in [0.29, 0.717) is 0 Å². The SMILES string of the molecule is CCOC(=O)[C@@H](N)COC(C)=O. The van der Waals surface area contributed by atoms with Crippen molar-refractivity contribution >= 4 is 11.9 Å². The highest BCUT2D eigenvalue weighted by molar-refractivity contribution is 5.76. The highest BCUT2D eigenvalue weighted by Gasteiger charge is 2.15. The van der Waals surface area contributed by atoms with Crippen LogP contribution in [0.4, 0.5) is 0 Å². The lowest BCUT2D eigenvalue weighted by Gasteiger charge is -2.09. The van der Waals surface area contributed by atoms with Gasteiger partial charge in [0.05, 0.1) is 6.61 Å². The van der Waals surface area contributed by atoms with Crippen LogP contribution in [0.15, 0.2) is 0 Å². The van der Waals surface area contributed by atoms with Gasteiger partial charge in [-0.25, -0.2) is 0 Å². The predicted octanol–water partition coefficient (Wildman–Crippen LogP) is -0.560. The molecule has 0 unspecified atom stereocenters. The number of ether oxygens (including phenoxy) is 2. The van der Waals surface area contributed by atoms with Crippen molar-refractivity contribution in [3.63, 3.8) is 0 Å². The average molecular weight is 175 g/mol. The minimum atomic E-state index is -0.881. The minimum absolute atomic E-state index is 0.131. The first kappa shape index (κ1) is 10.9. The van der Waals surface area contributed by atoms with E-state index in [4.69, 9.17) is 5.73 Å². The van der Waals surface area contributed by atoms with Crippen molar-refractivity contribution in [2.24, 2.45) is 5.73 Å². The second kappa shape index (κ2) is 5.54. The summed E-state index contributed by atoms with van der Waals surface area (Å²) in [6.07, 6.45) is 0. The average Bonchev–Trinajstić information content (AvgIpc) is 2.00. The second-order valence-electron chi connectivity index (χ2n) is 2.16. The van der Waals surface area contributed by atoms with Crippen LogP contribution in [0.3, 0.4) is 0 Å². The van der Waals surface area contributed by atoms with E-state index in [2.05, 4.69) is 9.47 Å². The molecule has 0 bridgehead atoms. The molecule has 0 aliphatic carbocycles. The fourth-order valence-electron chi connectivity index (χ4n) is 0.524. The molecule has 0 saturated carbocycles. The Balaban J connectivity index is 3.63. The van der Waals surface area contributed by atoms with Crippen molar-refractivity contribution < 1.29 is 19.1 Å². The van der Waals surface area contributed by atoms with Gasteiger partial charge in [0.1, 0.15) is 12.6 Å². The molecular formula is C7H13NO4. The molecule has 0 aromatic carbocycles. The molecule has 5 heteroatoms. The smallest absolute Gasteiger partial charge is 0.326 e. The van der Waals surface area contributed by atoms with Gasteiger partial charge in [-0.1, -0.05) is 0 Å². The van der Waals surface area contributed by atoms with E-state index in [1.165, 1.54) is 6.92 Å². The van der Waals surface area contributed by atoms with E-state index >= 15 is 0 Å². The van der Waals surface area contributed by atoms with Gasteiger partial charge in [0.15, 0.2) is 0 Å². The first-order chi connectivity index (χ1) is 5.57. The summed E-state index contributed by atoms with van der Waals surface area (Å²) in [5.41, 5.74) is 5.30. The molecule has 0 fully saturated rings. The molecule has 12 heavy (non-hydrogen) atoms. The normalized spacial score (nSPS) is 11.9. The fourth-order valence-corrected chi connectivity index (χ4v) is 0.524. The lowest BCUT2D eigenvalue weighted by molar-refractivity contribution is -0.149. The van der Waals surface area contributed by atoms with Gasteiger partial charge in [-0.15, -0.1) is 0 Å². The molecule has 0 aromatic heterocycles. The van der Waals surface area contributed by atoms with Gasteiger partial charge in [0.25, 0.3) is 0 Å². The first-order valence-corrected chi connectivity index (χ1v) is 3.63. The third kappa shape index (κ3) is 4.68. The van der Waals surface area contributed by atoms with E-state index in [-0.39, 0.29) is 13.2 Å². The zero-order valence-electron chi connectivity index (χ0n) is 7.20. The highest BCUT2D eigenvalue weighted by atomic mass is 16.5. The molecule has 0 amide bonds. The van der Waals surface area contributed by atoms with E-state index in [1.54, 1.807) is 6.92 Å². The maximum absolute atomic E-state index is 10.8. The monoisotopic (exact) mass is 175 g/mol. The molecule has 0 heterocycles. The number of carbonyl (C=O) groups is 2. The Morgan fingerprint density at radius 3 is 2.42 bits per heavy atom. The van der Waals surface area contributed by atoms with E-state index in [9.17, 15) is 9.59 Å². The number of carbonyl (C=O) groups excluding carboxylic acids is 2. The summed E-state index contributed by atoms with van der Waals surface area (Å²) in [4.78, 5) is 21.1. The summed E-state index contributed by atoms with van der Waals surface area (Å²) in [7, 11) is 0. The van der Waals surface area contributed by atoms with Crippen LogP contribution in [-0.2, 0) is 19.1 Å². The van der Waals surface area contributed by atoms with Crippen molar-refractivity contribution in [3.8, 4) is 0 Å². The molecule has 1 atom stereocenters.